The van der Waals surface area contributed by atoms with E-state index in [0.717, 1.165) is 63.9 Å². The fraction of sp³-hybridized carbons (Fsp3) is 0.783. The summed E-state index contributed by atoms with van der Waals surface area (Å²) in [5.74, 6) is 2.20. The molecule has 7 nitrogen and oxygen atoms in total. The standard InChI is InChI=1S/C23H38N6O/c1-18(2)22(30)29-14-7-8-20(17-29)28-15-10-19(16-28)25-23-24-11-9-21(26-23)27-12-5-3-4-6-13-27/h9,11,18-20H,3-8,10,12-17H2,1-2H3,(H,24,25,26). The summed E-state index contributed by atoms with van der Waals surface area (Å²) in [5.41, 5.74) is 0. The minimum atomic E-state index is 0.0883. The number of rotatable bonds is 5. The molecule has 1 aromatic heterocycles. The smallest absolute Gasteiger partial charge is 0.225 e. The summed E-state index contributed by atoms with van der Waals surface area (Å²) >= 11 is 0. The highest BCUT2D eigenvalue weighted by Gasteiger charge is 2.33. The fourth-order valence-electron chi connectivity index (χ4n) is 5.13. The maximum atomic E-state index is 12.4. The van der Waals surface area contributed by atoms with Gasteiger partial charge in [0.1, 0.15) is 5.82 Å². The Labute approximate surface area is 181 Å². The van der Waals surface area contributed by atoms with Crippen molar-refractivity contribution in [2.75, 3.05) is 49.5 Å². The normalized spacial score (nSPS) is 26.1. The van der Waals surface area contributed by atoms with Gasteiger partial charge >= 0.3 is 0 Å². The number of anilines is 2. The molecule has 3 aliphatic rings. The molecule has 3 fully saturated rings. The van der Waals surface area contributed by atoms with Gasteiger partial charge in [0.05, 0.1) is 0 Å². The summed E-state index contributed by atoms with van der Waals surface area (Å²) in [4.78, 5) is 28.8. The summed E-state index contributed by atoms with van der Waals surface area (Å²) < 4.78 is 0. The molecule has 2 unspecified atom stereocenters. The van der Waals surface area contributed by atoms with Gasteiger partial charge in [-0.2, -0.15) is 4.98 Å². The summed E-state index contributed by atoms with van der Waals surface area (Å²) in [5, 5.41) is 3.59. The van der Waals surface area contributed by atoms with E-state index in [1.807, 2.05) is 26.1 Å². The van der Waals surface area contributed by atoms with Gasteiger partial charge in [-0.15, -0.1) is 0 Å². The number of nitrogens with one attached hydrogen (secondary N) is 1. The number of piperidine rings is 1. The minimum absolute atomic E-state index is 0.0883. The van der Waals surface area contributed by atoms with Gasteiger partial charge in [0.25, 0.3) is 0 Å². The first kappa shape index (κ1) is 21.3. The number of hydrogen-bond donors (Lipinski definition) is 1. The Bertz CT molecular complexity index is 703. The molecular formula is C23H38N6O. The summed E-state index contributed by atoms with van der Waals surface area (Å²) in [6, 6.07) is 2.90. The number of nitrogens with zero attached hydrogens (tertiary/aromatic N) is 5. The van der Waals surface area contributed by atoms with Crippen molar-refractivity contribution in [3.8, 4) is 0 Å². The number of amides is 1. The quantitative estimate of drug-likeness (QED) is 0.799. The SMILES string of the molecule is CC(C)C(=O)N1CCCC(N2CCC(Nc3nccc(N4CCCCCC4)n3)C2)C1. The molecule has 4 rings (SSSR count). The van der Waals surface area contributed by atoms with Gasteiger partial charge in [0.2, 0.25) is 11.9 Å². The second-order valence-electron chi connectivity index (χ2n) is 9.50. The van der Waals surface area contributed by atoms with E-state index in [-0.39, 0.29) is 5.92 Å². The topological polar surface area (TPSA) is 64.6 Å². The zero-order valence-electron chi connectivity index (χ0n) is 18.7. The molecular weight excluding hydrogens is 376 g/mol. The molecule has 0 aromatic carbocycles. The van der Waals surface area contributed by atoms with Crippen LogP contribution in [0.15, 0.2) is 12.3 Å². The summed E-state index contributed by atoms with van der Waals surface area (Å²) in [6.45, 7) is 10.1. The van der Waals surface area contributed by atoms with E-state index in [9.17, 15) is 4.79 Å². The highest BCUT2D eigenvalue weighted by Crippen LogP contribution is 2.24. The van der Waals surface area contributed by atoms with Crippen molar-refractivity contribution in [1.82, 2.24) is 19.8 Å². The third-order valence-electron chi connectivity index (χ3n) is 6.84. The maximum Gasteiger partial charge on any atom is 0.225 e. The van der Waals surface area contributed by atoms with E-state index >= 15 is 0 Å². The lowest BCUT2D eigenvalue weighted by Gasteiger charge is -2.38. The second kappa shape index (κ2) is 9.94. The van der Waals surface area contributed by atoms with E-state index < -0.39 is 0 Å². The van der Waals surface area contributed by atoms with Gasteiger partial charge < -0.3 is 15.1 Å². The van der Waals surface area contributed by atoms with Gasteiger partial charge in [-0.3, -0.25) is 9.69 Å². The Balaban J connectivity index is 1.32. The van der Waals surface area contributed by atoms with Crippen LogP contribution in [0.5, 0.6) is 0 Å². The molecule has 1 amide bonds. The molecule has 7 heteroatoms. The molecule has 2 atom stereocenters. The first-order chi connectivity index (χ1) is 14.6. The zero-order chi connectivity index (χ0) is 20.9. The number of likely N-dealkylation sites (tertiary alicyclic amines) is 2. The van der Waals surface area contributed by atoms with Crippen LogP contribution in [0.2, 0.25) is 0 Å². The van der Waals surface area contributed by atoms with Gasteiger partial charge in [-0.1, -0.05) is 26.7 Å². The average molecular weight is 415 g/mol. The third-order valence-corrected chi connectivity index (χ3v) is 6.84. The monoisotopic (exact) mass is 414 g/mol. The Morgan fingerprint density at radius 1 is 1.03 bits per heavy atom. The van der Waals surface area contributed by atoms with Crippen LogP contribution in [0, 0.1) is 5.92 Å². The van der Waals surface area contributed by atoms with E-state index in [0.29, 0.717) is 18.0 Å². The van der Waals surface area contributed by atoms with Crippen molar-refractivity contribution in [2.45, 2.75) is 70.9 Å². The van der Waals surface area contributed by atoms with Gasteiger partial charge in [-0.25, -0.2) is 4.98 Å². The molecule has 0 radical (unpaired) electrons. The van der Waals surface area contributed by atoms with Crippen LogP contribution in [-0.2, 0) is 4.79 Å². The van der Waals surface area contributed by atoms with E-state index in [1.54, 1.807) is 0 Å². The summed E-state index contributed by atoms with van der Waals surface area (Å²) in [7, 11) is 0. The van der Waals surface area contributed by atoms with Crippen LogP contribution in [0.25, 0.3) is 0 Å². The third kappa shape index (κ3) is 5.23. The number of carbonyl (C=O) groups excluding carboxylic acids is 1. The average Bonchev–Trinajstić information content (AvgIpc) is 3.05. The minimum Gasteiger partial charge on any atom is -0.356 e. The fourth-order valence-corrected chi connectivity index (χ4v) is 5.13. The van der Waals surface area contributed by atoms with Crippen molar-refractivity contribution >= 4 is 17.7 Å². The lowest BCUT2D eigenvalue weighted by molar-refractivity contribution is -0.136. The molecule has 0 spiro atoms. The van der Waals surface area contributed by atoms with Crippen molar-refractivity contribution in [1.29, 1.82) is 0 Å². The summed E-state index contributed by atoms with van der Waals surface area (Å²) in [6.07, 6.45) is 10.4. The van der Waals surface area contributed by atoms with Crippen molar-refractivity contribution in [2.24, 2.45) is 5.92 Å². The van der Waals surface area contributed by atoms with Crippen LogP contribution in [0.3, 0.4) is 0 Å². The Morgan fingerprint density at radius 3 is 2.60 bits per heavy atom. The van der Waals surface area contributed by atoms with Gasteiger partial charge in [0.15, 0.2) is 0 Å². The Morgan fingerprint density at radius 2 is 1.83 bits per heavy atom. The number of carbonyl (C=O) groups is 1. The molecule has 166 valence electrons. The molecule has 4 heterocycles. The van der Waals surface area contributed by atoms with Crippen molar-refractivity contribution < 1.29 is 4.79 Å². The van der Waals surface area contributed by atoms with Crippen molar-refractivity contribution in [3.63, 3.8) is 0 Å². The van der Waals surface area contributed by atoms with Gasteiger partial charge in [0, 0.05) is 63.5 Å². The van der Waals surface area contributed by atoms with E-state index in [4.69, 9.17) is 4.98 Å². The van der Waals surface area contributed by atoms with Gasteiger partial charge in [-0.05, 0) is 38.2 Å². The molecule has 0 aliphatic carbocycles. The Hall–Kier alpha value is -1.89. The highest BCUT2D eigenvalue weighted by molar-refractivity contribution is 5.78. The van der Waals surface area contributed by atoms with E-state index in [1.165, 1.54) is 32.1 Å². The van der Waals surface area contributed by atoms with Crippen molar-refractivity contribution in [3.05, 3.63) is 12.3 Å². The predicted octanol–water partition coefficient (Wildman–Crippen LogP) is 2.99. The molecule has 30 heavy (non-hydrogen) atoms. The first-order valence-electron chi connectivity index (χ1n) is 12.0. The molecule has 3 aliphatic heterocycles. The molecule has 0 saturated carbocycles. The largest absolute Gasteiger partial charge is 0.356 e. The van der Waals surface area contributed by atoms with Crippen LogP contribution < -0.4 is 10.2 Å². The molecule has 0 bridgehead atoms. The molecule has 3 saturated heterocycles. The molecule has 1 N–H and O–H groups in total. The Kier molecular flexibility index (Phi) is 7.08. The first-order valence-corrected chi connectivity index (χ1v) is 12.0. The molecule has 1 aromatic rings. The van der Waals surface area contributed by atoms with Crippen LogP contribution in [-0.4, -0.2) is 77.0 Å². The number of hydrogen-bond acceptors (Lipinski definition) is 6. The van der Waals surface area contributed by atoms with Crippen LogP contribution >= 0.6 is 0 Å². The number of aromatic nitrogens is 2. The second-order valence-corrected chi connectivity index (χ2v) is 9.50. The maximum absolute atomic E-state index is 12.4. The predicted molar refractivity (Wildman–Crippen MR) is 121 cm³/mol. The zero-order valence-corrected chi connectivity index (χ0v) is 18.7. The lowest BCUT2D eigenvalue weighted by Crippen LogP contribution is -2.50. The highest BCUT2D eigenvalue weighted by atomic mass is 16.2. The van der Waals surface area contributed by atoms with Crippen LogP contribution in [0.4, 0.5) is 11.8 Å². The van der Waals surface area contributed by atoms with E-state index in [2.05, 4.69) is 25.0 Å². The van der Waals surface area contributed by atoms with Crippen LogP contribution in [0.1, 0.15) is 58.8 Å². The lowest BCUT2D eigenvalue weighted by atomic mass is 10.0.